The number of amides is 1. The molecule has 2 rings (SSSR count). The second kappa shape index (κ2) is 13.3. The monoisotopic (exact) mass is 465 g/mol. The van der Waals surface area contributed by atoms with Crippen LogP contribution in [0.2, 0.25) is 0 Å². The van der Waals surface area contributed by atoms with Gasteiger partial charge in [-0.1, -0.05) is 46.5 Å². The van der Waals surface area contributed by atoms with Crippen molar-refractivity contribution in [3.8, 4) is 11.9 Å². The van der Waals surface area contributed by atoms with Gasteiger partial charge in [-0.15, -0.1) is 5.11 Å². The van der Waals surface area contributed by atoms with Crippen molar-refractivity contribution < 1.29 is 9.90 Å². The summed E-state index contributed by atoms with van der Waals surface area (Å²) in [5.41, 5.74) is 0.801. The lowest BCUT2D eigenvalue weighted by Crippen LogP contribution is -2.29. The molecule has 0 spiro atoms. The van der Waals surface area contributed by atoms with E-state index >= 15 is 0 Å². The summed E-state index contributed by atoms with van der Waals surface area (Å²) >= 11 is 0. The first-order chi connectivity index (χ1) is 16.4. The van der Waals surface area contributed by atoms with E-state index in [-0.39, 0.29) is 28.6 Å². The largest absolute Gasteiger partial charge is 0.493 e. The van der Waals surface area contributed by atoms with Gasteiger partial charge in [0, 0.05) is 24.2 Å². The van der Waals surface area contributed by atoms with Gasteiger partial charge in [-0.2, -0.15) is 10.4 Å². The van der Waals surface area contributed by atoms with Crippen LogP contribution in [-0.4, -0.2) is 22.1 Å². The highest BCUT2D eigenvalue weighted by Gasteiger charge is 2.19. The van der Waals surface area contributed by atoms with E-state index in [2.05, 4.69) is 29.4 Å². The van der Waals surface area contributed by atoms with Crippen LogP contribution in [0.5, 0.6) is 5.88 Å². The lowest BCUT2D eigenvalue weighted by Gasteiger charge is -2.15. The molecule has 0 aliphatic carbocycles. The molecule has 2 aromatic rings. The molecule has 1 atom stereocenters. The zero-order valence-corrected chi connectivity index (χ0v) is 20.6. The first-order valence-corrected chi connectivity index (χ1v) is 12.0. The number of hydrogen-bond donors (Lipinski definition) is 2. The molecule has 34 heavy (non-hydrogen) atoms. The van der Waals surface area contributed by atoms with Gasteiger partial charge in [0.25, 0.3) is 11.5 Å². The summed E-state index contributed by atoms with van der Waals surface area (Å²) in [5, 5.41) is 31.3. The lowest BCUT2D eigenvalue weighted by molar-refractivity contribution is 0.0946. The first-order valence-electron chi connectivity index (χ1n) is 12.0. The van der Waals surface area contributed by atoms with E-state index < -0.39 is 5.56 Å². The zero-order valence-electron chi connectivity index (χ0n) is 20.6. The average Bonchev–Trinajstić information content (AvgIpc) is 2.84. The second-order valence-corrected chi connectivity index (χ2v) is 8.47. The van der Waals surface area contributed by atoms with Crippen LogP contribution in [0.3, 0.4) is 0 Å². The minimum atomic E-state index is -0.528. The van der Waals surface area contributed by atoms with Gasteiger partial charge in [-0.05, 0) is 49.9 Å². The molecular formula is C26H35N5O3. The number of nitriles is 1. The number of nitrogens with zero attached hydrogens (tertiary/aromatic N) is 4. The van der Waals surface area contributed by atoms with E-state index in [0.717, 1.165) is 32.1 Å². The van der Waals surface area contributed by atoms with Crippen LogP contribution in [-0.2, 0) is 6.54 Å². The number of aromatic hydroxyl groups is 1. The fraction of sp³-hybridized carbons (Fsp3) is 0.500. The van der Waals surface area contributed by atoms with Crippen molar-refractivity contribution in [2.24, 2.45) is 16.1 Å². The van der Waals surface area contributed by atoms with Crippen LogP contribution in [0.25, 0.3) is 0 Å². The van der Waals surface area contributed by atoms with Crippen molar-refractivity contribution in [3.63, 3.8) is 0 Å². The second-order valence-electron chi connectivity index (χ2n) is 8.47. The zero-order chi connectivity index (χ0) is 25.1. The number of aromatic nitrogens is 1. The highest BCUT2D eigenvalue weighted by Crippen LogP contribution is 2.32. The van der Waals surface area contributed by atoms with Gasteiger partial charge >= 0.3 is 0 Å². The Bertz CT molecular complexity index is 1100. The third kappa shape index (κ3) is 6.77. The number of pyridine rings is 1. The molecule has 1 unspecified atom stereocenters. The van der Waals surface area contributed by atoms with E-state index in [1.807, 2.05) is 13.0 Å². The van der Waals surface area contributed by atoms with Gasteiger partial charge in [-0.25, -0.2) is 0 Å². The molecule has 1 aromatic carbocycles. The van der Waals surface area contributed by atoms with E-state index in [1.165, 1.54) is 4.57 Å². The molecule has 1 aromatic heterocycles. The molecule has 1 heterocycles. The fourth-order valence-electron chi connectivity index (χ4n) is 3.65. The molecule has 1 amide bonds. The van der Waals surface area contributed by atoms with Gasteiger partial charge in [0.1, 0.15) is 11.6 Å². The average molecular weight is 466 g/mol. The molecule has 182 valence electrons. The number of hydrogen-bond acceptors (Lipinski definition) is 6. The minimum Gasteiger partial charge on any atom is -0.493 e. The Hall–Kier alpha value is -3.47. The fourth-order valence-corrected chi connectivity index (χ4v) is 3.65. The van der Waals surface area contributed by atoms with Crippen LogP contribution in [0.15, 0.2) is 39.3 Å². The molecule has 0 radical (unpaired) electrons. The third-order valence-corrected chi connectivity index (χ3v) is 5.99. The summed E-state index contributed by atoms with van der Waals surface area (Å²) in [6.07, 6.45) is 5.96. The van der Waals surface area contributed by atoms with E-state index in [4.69, 9.17) is 0 Å². The third-order valence-electron chi connectivity index (χ3n) is 5.99. The Kier molecular flexibility index (Phi) is 10.5. The molecule has 0 bridgehead atoms. The normalized spacial score (nSPS) is 12.0. The molecule has 8 nitrogen and oxygen atoms in total. The van der Waals surface area contributed by atoms with Crippen molar-refractivity contribution in [3.05, 3.63) is 51.3 Å². The van der Waals surface area contributed by atoms with Crippen LogP contribution in [0, 0.1) is 24.2 Å². The number of azo groups is 1. The van der Waals surface area contributed by atoms with E-state index in [1.54, 1.807) is 31.2 Å². The summed E-state index contributed by atoms with van der Waals surface area (Å²) in [5.74, 6) is 0.0450. The molecule has 8 heteroatoms. The highest BCUT2D eigenvalue weighted by atomic mass is 16.3. The number of rotatable bonds is 12. The van der Waals surface area contributed by atoms with Gasteiger partial charge in [-0.3, -0.25) is 14.2 Å². The van der Waals surface area contributed by atoms with Crippen LogP contribution < -0.4 is 10.9 Å². The summed E-state index contributed by atoms with van der Waals surface area (Å²) in [4.78, 5) is 25.0. The molecule has 2 N–H and O–H groups in total. The lowest BCUT2D eigenvalue weighted by atomic mass is 9.99. The number of carbonyl (C=O) groups is 1. The van der Waals surface area contributed by atoms with E-state index in [9.17, 15) is 20.0 Å². The summed E-state index contributed by atoms with van der Waals surface area (Å²) in [7, 11) is 0. The maximum Gasteiger partial charge on any atom is 0.271 e. The van der Waals surface area contributed by atoms with Crippen molar-refractivity contribution in [2.45, 2.75) is 72.8 Å². The topological polar surface area (TPSA) is 120 Å². The highest BCUT2D eigenvalue weighted by molar-refractivity contribution is 5.94. The molecule has 0 saturated heterocycles. The van der Waals surface area contributed by atoms with E-state index in [0.29, 0.717) is 36.7 Å². The van der Waals surface area contributed by atoms with Gasteiger partial charge in [0.15, 0.2) is 5.69 Å². The number of unbranched alkanes of at least 4 members (excludes halogenated alkanes) is 2. The maximum absolute atomic E-state index is 12.5. The van der Waals surface area contributed by atoms with Crippen molar-refractivity contribution in [2.75, 3.05) is 6.54 Å². The smallest absolute Gasteiger partial charge is 0.271 e. The Morgan fingerprint density at radius 1 is 1.15 bits per heavy atom. The Morgan fingerprint density at radius 3 is 2.41 bits per heavy atom. The summed E-state index contributed by atoms with van der Waals surface area (Å²) in [6.45, 7) is 8.79. The van der Waals surface area contributed by atoms with Crippen molar-refractivity contribution in [1.29, 1.82) is 5.26 Å². The molecule has 0 fully saturated rings. The van der Waals surface area contributed by atoms with Crippen LogP contribution >= 0.6 is 0 Å². The predicted octanol–water partition coefficient (Wildman–Crippen LogP) is 5.90. The summed E-state index contributed by atoms with van der Waals surface area (Å²) < 4.78 is 1.17. The standard InChI is InChI=1S/C26H35N5O3/c1-5-8-10-19(7-3)17-28-24(32)20-11-13-21(14-12-20)29-30-23-18(4)22(16-27)25(33)31(26(23)34)15-9-6-2/h11-14,19,34H,5-10,15,17H2,1-4H3,(H,28,32)/b30-29+. The number of nitrogens with one attached hydrogen (secondary N) is 1. The van der Waals surface area contributed by atoms with Crippen LogP contribution in [0.1, 0.15) is 80.8 Å². The minimum absolute atomic E-state index is 0.0563. The summed E-state index contributed by atoms with van der Waals surface area (Å²) in [6, 6.07) is 8.58. The van der Waals surface area contributed by atoms with Gasteiger partial charge < -0.3 is 10.4 Å². The molecular weight excluding hydrogens is 430 g/mol. The molecule has 0 aliphatic rings. The molecule has 0 saturated carbocycles. The van der Waals surface area contributed by atoms with Gasteiger partial charge in [0.2, 0.25) is 5.88 Å². The molecule has 0 aliphatic heterocycles. The Labute approximate surface area is 201 Å². The van der Waals surface area contributed by atoms with Crippen molar-refractivity contribution >= 4 is 17.3 Å². The number of benzene rings is 1. The van der Waals surface area contributed by atoms with Crippen molar-refractivity contribution in [1.82, 2.24) is 9.88 Å². The Balaban J connectivity index is 2.18. The predicted molar refractivity (Wildman–Crippen MR) is 133 cm³/mol. The van der Waals surface area contributed by atoms with Gasteiger partial charge in [0.05, 0.1) is 5.69 Å². The van der Waals surface area contributed by atoms with Crippen LogP contribution in [0.4, 0.5) is 11.4 Å². The number of carbonyl (C=O) groups excluding carboxylic acids is 1. The first kappa shape index (κ1) is 26.8. The quantitative estimate of drug-likeness (QED) is 0.379. The maximum atomic E-state index is 12.5. The SMILES string of the molecule is CCCCC(CC)CNC(=O)c1ccc(/N=N/c2c(C)c(C#N)c(=O)n(CCCC)c2O)cc1. The Morgan fingerprint density at radius 2 is 1.82 bits per heavy atom.